The molecular formula is C15H11ClN2O3. The molecule has 0 spiro atoms. The molecule has 0 fully saturated rings. The molecule has 0 bridgehead atoms. The van der Waals surface area contributed by atoms with Crippen LogP contribution in [0.4, 0.5) is 5.69 Å². The van der Waals surface area contributed by atoms with E-state index in [4.69, 9.17) is 21.6 Å². The number of nitrogens with zero attached hydrogens (tertiary/aromatic N) is 1. The Kier molecular flexibility index (Phi) is 4.64. The topological polar surface area (TPSA) is 82.3 Å². The van der Waals surface area contributed by atoms with Gasteiger partial charge in [-0.1, -0.05) is 17.7 Å². The van der Waals surface area contributed by atoms with Crippen molar-refractivity contribution in [1.82, 2.24) is 0 Å². The minimum absolute atomic E-state index is 0.0645. The highest BCUT2D eigenvalue weighted by molar-refractivity contribution is 6.32. The molecule has 0 radical (unpaired) electrons. The highest BCUT2D eigenvalue weighted by atomic mass is 35.5. The summed E-state index contributed by atoms with van der Waals surface area (Å²) in [5.74, 6) is 0.0348. The summed E-state index contributed by atoms with van der Waals surface area (Å²) in [7, 11) is 0. The lowest BCUT2D eigenvalue weighted by Gasteiger charge is -2.08. The van der Waals surface area contributed by atoms with Crippen molar-refractivity contribution < 1.29 is 14.6 Å². The van der Waals surface area contributed by atoms with Crippen LogP contribution >= 0.6 is 11.6 Å². The second-order valence-corrected chi connectivity index (χ2v) is 4.50. The first-order valence-electron chi connectivity index (χ1n) is 6.00. The highest BCUT2D eigenvalue weighted by Crippen LogP contribution is 2.24. The zero-order valence-electron chi connectivity index (χ0n) is 10.8. The van der Waals surface area contributed by atoms with Crippen molar-refractivity contribution in [2.24, 2.45) is 0 Å². The fourth-order valence-electron chi connectivity index (χ4n) is 1.63. The molecule has 6 heteroatoms. The van der Waals surface area contributed by atoms with Crippen LogP contribution in [-0.4, -0.2) is 17.6 Å². The van der Waals surface area contributed by atoms with Crippen molar-refractivity contribution in [1.29, 1.82) is 5.26 Å². The van der Waals surface area contributed by atoms with E-state index in [1.54, 1.807) is 24.3 Å². The zero-order chi connectivity index (χ0) is 15.2. The number of hydrogen-bond acceptors (Lipinski definition) is 4. The maximum atomic E-state index is 12.1. The summed E-state index contributed by atoms with van der Waals surface area (Å²) < 4.78 is 5.15. The summed E-state index contributed by atoms with van der Waals surface area (Å²) >= 11 is 5.76. The van der Waals surface area contributed by atoms with Crippen LogP contribution in [0.15, 0.2) is 42.5 Å². The molecule has 0 unspecified atom stereocenters. The zero-order valence-corrected chi connectivity index (χ0v) is 11.6. The molecule has 0 aliphatic heterocycles. The number of nitrogens with one attached hydrogen (secondary N) is 1. The lowest BCUT2D eigenvalue weighted by atomic mass is 10.2. The van der Waals surface area contributed by atoms with E-state index in [1.165, 1.54) is 18.2 Å². The predicted octanol–water partition coefficient (Wildman–Crippen LogP) is 3.20. The molecule has 2 N–H and O–H groups in total. The minimum Gasteiger partial charge on any atom is -0.506 e. The number of hydrogen-bond donors (Lipinski definition) is 2. The van der Waals surface area contributed by atoms with Crippen LogP contribution < -0.4 is 10.1 Å². The average Bonchev–Trinajstić information content (AvgIpc) is 2.48. The van der Waals surface area contributed by atoms with E-state index in [-0.39, 0.29) is 23.3 Å². The Hall–Kier alpha value is -2.71. The van der Waals surface area contributed by atoms with Crippen LogP contribution in [0.25, 0.3) is 0 Å². The molecule has 2 aromatic carbocycles. The SMILES string of the molecule is N#CCOc1cccc(NC(=O)c2ccc(O)c(Cl)c2)c1. The molecule has 0 saturated heterocycles. The number of phenolic OH excluding ortho intramolecular Hbond substituents is 1. The number of anilines is 1. The number of phenols is 1. The van der Waals surface area contributed by atoms with Gasteiger partial charge in [-0.2, -0.15) is 5.26 Å². The highest BCUT2D eigenvalue weighted by Gasteiger charge is 2.09. The molecule has 0 aliphatic carbocycles. The van der Waals surface area contributed by atoms with E-state index in [1.807, 2.05) is 6.07 Å². The van der Waals surface area contributed by atoms with Gasteiger partial charge in [0.25, 0.3) is 5.91 Å². The number of carbonyl (C=O) groups is 1. The van der Waals surface area contributed by atoms with Gasteiger partial charge >= 0.3 is 0 Å². The third-order valence-corrected chi connectivity index (χ3v) is 2.91. The lowest BCUT2D eigenvalue weighted by Crippen LogP contribution is -2.11. The number of carbonyl (C=O) groups excluding carboxylic acids is 1. The largest absolute Gasteiger partial charge is 0.506 e. The lowest BCUT2D eigenvalue weighted by molar-refractivity contribution is 0.102. The van der Waals surface area contributed by atoms with E-state index in [0.717, 1.165) is 0 Å². The van der Waals surface area contributed by atoms with Crippen LogP contribution in [-0.2, 0) is 0 Å². The van der Waals surface area contributed by atoms with Gasteiger partial charge in [0.1, 0.15) is 17.6 Å². The number of benzene rings is 2. The molecule has 0 heterocycles. The third kappa shape index (κ3) is 3.88. The van der Waals surface area contributed by atoms with Gasteiger partial charge < -0.3 is 15.2 Å². The summed E-state index contributed by atoms with van der Waals surface area (Å²) in [6.07, 6.45) is 0. The monoisotopic (exact) mass is 302 g/mol. The molecule has 2 aromatic rings. The summed E-state index contributed by atoms with van der Waals surface area (Å²) in [6, 6.07) is 12.7. The first-order chi connectivity index (χ1) is 10.1. The number of halogens is 1. The average molecular weight is 303 g/mol. The summed E-state index contributed by atoms with van der Waals surface area (Å²) in [5.41, 5.74) is 0.848. The molecule has 0 saturated carbocycles. The quantitative estimate of drug-likeness (QED) is 0.908. The molecule has 21 heavy (non-hydrogen) atoms. The van der Waals surface area contributed by atoms with Gasteiger partial charge in [0, 0.05) is 17.3 Å². The second-order valence-electron chi connectivity index (χ2n) is 4.09. The van der Waals surface area contributed by atoms with Crippen LogP contribution in [0.2, 0.25) is 5.02 Å². The van der Waals surface area contributed by atoms with Gasteiger partial charge in [0.05, 0.1) is 5.02 Å². The van der Waals surface area contributed by atoms with Gasteiger partial charge in [-0.05, 0) is 30.3 Å². The van der Waals surface area contributed by atoms with Gasteiger partial charge in [-0.25, -0.2) is 0 Å². The Labute approximate surface area is 126 Å². The predicted molar refractivity (Wildman–Crippen MR) is 78.6 cm³/mol. The van der Waals surface area contributed by atoms with Crippen molar-refractivity contribution in [3.05, 3.63) is 53.1 Å². The molecule has 0 aliphatic rings. The van der Waals surface area contributed by atoms with Gasteiger partial charge in [-0.3, -0.25) is 4.79 Å². The first kappa shape index (κ1) is 14.7. The van der Waals surface area contributed by atoms with E-state index >= 15 is 0 Å². The Bertz CT molecular complexity index is 710. The van der Waals surface area contributed by atoms with Gasteiger partial charge in [0.2, 0.25) is 0 Å². The molecule has 2 rings (SSSR count). The summed E-state index contributed by atoms with van der Waals surface area (Å²) in [6.45, 7) is -0.0645. The maximum Gasteiger partial charge on any atom is 0.255 e. The number of nitriles is 1. The van der Waals surface area contributed by atoms with Gasteiger partial charge in [-0.15, -0.1) is 0 Å². The standard InChI is InChI=1S/C15H11ClN2O3/c16-13-8-10(4-5-14(13)19)15(20)18-11-2-1-3-12(9-11)21-7-6-17/h1-5,8-9,19H,7H2,(H,18,20). The van der Waals surface area contributed by atoms with Crippen molar-refractivity contribution in [2.45, 2.75) is 0 Å². The maximum absolute atomic E-state index is 12.1. The Morgan fingerprint density at radius 2 is 2.14 bits per heavy atom. The van der Waals surface area contributed by atoms with E-state index in [9.17, 15) is 9.90 Å². The van der Waals surface area contributed by atoms with Crippen LogP contribution in [0.1, 0.15) is 10.4 Å². The fourth-order valence-corrected chi connectivity index (χ4v) is 1.81. The number of aromatic hydroxyl groups is 1. The fraction of sp³-hybridized carbons (Fsp3) is 0.0667. The van der Waals surface area contributed by atoms with Crippen LogP contribution in [0.3, 0.4) is 0 Å². The molecule has 0 atom stereocenters. The van der Waals surface area contributed by atoms with Crippen molar-refractivity contribution in [3.8, 4) is 17.6 Å². The van der Waals surface area contributed by atoms with Crippen molar-refractivity contribution >= 4 is 23.2 Å². The first-order valence-corrected chi connectivity index (χ1v) is 6.37. The van der Waals surface area contributed by atoms with E-state index in [0.29, 0.717) is 17.0 Å². The van der Waals surface area contributed by atoms with E-state index < -0.39 is 0 Å². The Morgan fingerprint density at radius 1 is 1.33 bits per heavy atom. The number of ether oxygens (including phenoxy) is 1. The smallest absolute Gasteiger partial charge is 0.255 e. The molecule has 106 valence electrons. The Morgan fingerprint density at radius 3 is 2.86 bits per heavy atom. The van der Waals surface area contributed by atoms with Gasteiger partial charge in [0.15, 0.2) is 6.61 Å². The molecular weight excluding hydrogens is 292 g/mol. The van der Waals surface area contributed by atoms with Crippen molar-refractivity contribution in [3.63, 3.8) is 0 Å². The second kappa shape index (κ2) is 6.64. The van der Waals surface area contributed by atoms with Crippen molar-refractivity contribution in [2.75, 3.05) is 11.9 Å². The number of rotatable bonds is 4. The molecule has 5 nitrogen and oxygen atoms in total. The summed E-state index contributed by atoms with van der Waals surface area (Å²) in [4.78, 5) is 12.1. The normalized spacial score (nSPS) is 9.71. The molecule has 1 amide bonds. The minimum atomic E-state index is -0.366. The third-order valence-electron chi connectivity index (χ3n) is 2.61. The van der Waals surface area contributed by atoms with Crippen LogP contribution in [0.5, 0.6) is 11.5 Å². The molecule has 0 aromatic heterocycles. The number of amides is 1. The summed E-state index contributed by atoms with van der Waals surface area (Å²) in [5, 5.41) is 20.6. The van der Waals surface area contributed by atoms with E-state index in [2.05, 4.69) is 5.32 Å². The van der Waals surface area contributed by atoms with Crippen LogP contribution in [0, 0.1) is 11.3 Å². The Balaban J connectivity index is 2.12.